The number of amides is 1. The SMILES string of the molecule is O=C(Nc1ccc(-c2ccccc2)nc1)c1n[nH]c2ccc(-c3cncc(CN4CCC(F)(F)CC4)c3)cc12. The lowest BCUT2D eigenvalue weighted by Gasteiger charge is -2.31. The second-order valence-electron chi connectivity index (χ2n) is 9.80. The number of benzene rings is 2. The van der Waals surface area contributed by atoms with Crippen LogP contribution in [0.1, 0.15) is 28.9 Å². The van der Waals surface area contributed by atoms with Crippen LogP contribution < -0.4 is 5.32 Å². The number of likely N-dealkylation sites (tertiary alicyclic amines) is 1. The number of anilines is 1. The minimum atomic E-state index is -2.57. The van der Waals surface area contributed by atoms with Gasteiger partial charge in [0, 0.05) is 61.4 Å². The average Bonchev–Trinajstić information content (AvgIpc) is 3.39. The number of alkyl halides is 2. The summed E-state index contributed by atoms with van der Waals surface area (Å²) in [6.45, 7) is 1.29. The number of hydrogen-bond acceptors (Lipinski definition) is 5. The number of fused-ring (bicyclic) bond motifs is 1. The Morgan fingerprint density at radius 1 is 0.923 bits per heavy atom. The van der Waals surface area contributed by atoms with Crippen molar-refractivity contribution < 1.29 is 13.6 Å². The molecule has 196 valence electrons. The van der Waals surface area contributed by atoms with Crippen LogP contribution in [0.15, 0.2) is 85.3 Å². The second kappa shape index (κ2) is 10.3. The molecule has 2 aromatic carbocycles. The van der Waals surface area contributed by atoms with Crippen LogP contribution in [0.2, 0.25) is 0 Å². The number of aromatic nitrogens is 4. The first kappa shape index (κ1) is 24.8. The molecular weight excluding hydrogens is 498 g/mol. The maximum atomic E-state index is 13.5. The van der Waals surface area contributed by atoms with Gasteiger partial charge in [-0.15, -0.1) is 0 Å². The third-order valence-electron chi connectivity index (χ3n) is 6.99. The molecule has 5 aromatic rings. The molecule has 1 aliphatic rings. The number of nitrogens with one attached hydrogen (secondary N) is 2. The van der Waals surface area contributed by atoms with Gasteiger partial charge in [0.1, 0.15) is 0 Å². The third-order valence-corrected chi connectivity index (χ3v) is 6.99. The van der Waals surface area contributed by atoms with Crippen molar-refractivity contribution in [3.05, 3.63) is 96.6 Å². The molecule has 0 spiro atoms. The molecule has 1 aliphatic heterocycles. The molecule has 39 heavy (non-hydrogen) atoms. The molecule has 2 N–H and O–H groups in total. The highest BCUT2D eigenvalue weighted by Crippen LogP contribution is 2.30. The van der Waals surface area contributed by atoms with Gasteiger partial charge < -0.3 is 5.32 Å². The quantitative estimate of drug-likeness (QED) is 0.277. The maximum absolute atomic E-state index is 13.5. The van der Waals surface area contributed by atoms with Gasteiger partial charge in [-0.3, -0.25) is 24.8 Å². The Balaban J connectivity index is 1.19. The summed E-state index contributed by atoms with van der Waals surface area (Å²) < 4.78 is 27.0. The Morgan fingerprint density at radius 2 is 1.74 bits per heavy atom. The van der Waals surface area contributed by atoms with E-state index < -0.39 is 5.92 Å². The van der Waals surface area contributed by atoms with Crippen molar-refractivity contribution in [1.29, 1.82) is 0 Å². The number of halogens is 2. The van der Waals surface area contributed by atoms with E-state index in [1.807, 2.05) is 71.6 Å². The Hall–Kier alpha value is -4.50. The van der Waals surface area contributed by atoms with Crippen LogP contribution in [0.5, 0.6) is 0 Å². The monoisotopic (exact) mass is 524 g/mol. The molecule has 1 saturated heterocycles. The molecule has 7 nitrogen and oxygen atoms in total. The third kappa shape index (κ3) is 5.53. The van der Waals surface area contributed by atoms with Gasteiger partial charge >= 0.3 is 0 Å². The van der Waals surface area contributed by atoms with Gasteiger partial charge in [-0.05, 0) is 41.5 Å². The number of rotatable bonds is 6. The van der Waals surface area contributed by atoms with Crippen molar-refractivity contribution in [2.75, 3.05) is 18.4 Å². The normalized spacial score (nSPS) is 15.3. The van der Waals surface area contributed by atoms with E-state index in [1.165, 1.54) is 0 Å². The fraction of sp³-hybridized carbons (Fsp3) is 0.200. The molecule has 9 heteroatoms. The van der Waals surface area contributed by atoms with Crippen LogP contribution in [0, 0.1) is 0 Å². The van der Waals surface area contributed by atoms with Crippen molar-refractivity contribution >= 4 is 22.5 Å². The molecule has 0 bridgehead atoms. The molecule has 0 atom stereocenters. The average molecular weight is 525 g/mol. The highest BCUT2D eigenvalue weighted by molar-refractivity contribution is 6.11. The predicted molar refractivity (Wildman–Crippen MR) is 146 cm³/mol. The van der Waals surface area contributed by atoms with Crippen LogP contribution in [-0.4, -0.2) is 50.0 Å². The Labute approximate surface area is 223 Å². The van der Waals surface area contributed by atoms with Gasteiger partial charge in [-0.2, -0.15) is 5.10 Å². The van der Waals surface area contributed by atoms with Gasteiger partial charge in [0.25, 0.3) is 11.8 Å². The lowest BCUT2D eigenvalue weighted by atomic mass is 10.0. The summed E-state index contributed by atoms with van der Waals surface area (Å²) >= 11 is 0. The van der Waals surface area contributed by atoms with Crippen molar-refractivity contribution in [2.24, 2.45) is 0 Å². The van der Waals surface area contributed by atoms with E-state index in [4.69, 9.17) is 0 Å². The summed E-state index contributed by atoms with van der Waals surface area (Å²) in [4.78, 5) is 24.0. The molecular formula is C30H26F2N6O. The fourth-order valence-corrected chi connectivity index (χ4v) is 4.83. The van der Waals surface area contributed by atoms with Crippen molar-refractivity contribution in [2.45, 2.75) is 25.3 Å². The molecule has 4 heterocycles. The minimum Gasteiger partial charge on any atom is -0.319 e. The molecule has 0 aliphatic carbocycles. The highest BCUT2D eigenvalue weighted by Gasteiger charge is 2.33. The molecule has 6 rings (SSSR count). The summed E-state index contributed by atoms with van der Waals surface area (Å²) in [6, 6.07) is 21.2. The van der Waals surface area contributed by atoms with Gasteiger partial charge in [-0.25, -0.2) is 8.78 Å². The lowest BCUT2D eigenvalue weighted by molar-refractivity contribution is -0.0566. The van der Waals surface area contributed by atoms with Gasteiger partial charge in [-0.1, -0.05) is 36.4 Å². The summed E-state index contributed by atoms with van der Waals surface area (Å²) in [5.41, 5.74) is 6.11. The van der Waals surface area contributed by atoms with E-state index in [2.05, 4.69) is 25.5 Å². The van der Waals surface area contributed by atoms with Gasteiger partial charge in [0.2, 0.25) is 0 Å². The van der Waals surface area contributed by atoms with Crippen LogP contribution in [0.25, 0.3) is 33.3 Å². The summed E-state index contributed by atoms with van der Waals surface area (Å²) in [5, 5.41) is 10.7. The minimum absolute atomic E-state index is 0.116. The Bertz CT molecular complexity index is 1610. The first-order valence-corrected chi connectivity index (χ1v) is 12.8. The number of nitrogens with zero attached hydrogens (tertiary/aromatic N) is 4. The summed E-state index contributed by atoms with van der Waals surface area (Å²) in [5.74, 6) is -2.91. The van der Waals surface area contributed by atoms with Gasteiger partial charge in [0.15, 0.2) is 5.69 Å². The van der Waals surface area contributed by atoms with Crippen LogP contribution in [0.4, 0.5) is 14.5 Å². The molecule has 1 fully saturated rings. The number of carbonyl (C=O) groups excluding carboxylic acids is 1. The van der Waals surface area contributed by atoms with E-state index in [-0.39, 0.29) is 24.4 Å². The van der Waals surface area contributed by atoms with Crippen molar-refractivity contribution in [3.8, 4) is 22.4 Å². The van der Waals surface area contributed by atoms with E-state index in [1.54, 1.807) is 18.6 Å². The standard InChI is InChI=1S/C30H26F2N6O/c31-30(32)10-12-38(13-11-30)19-20-14-23(17-33-16-20)22-6-8-27-25(15-22)28(37-36-27)29(39)35-24-7-9-26(34-18-24)21-4-2-1-3-5-21/h1-9,14-18H,10-13,19H2,(H,35,39)(H,36,37). The first-order chi connectivity index (χ1) is 18.9. The number of hydrogen-bond donors (Lipinski definition) is 2. The first-order valence-electron chi connectivity index (χ1n) is 12.8. The molecule has 0 radical (unpaired) electrons. The maximum Gasteiger partial charge on any atom is 0.276 e. The zero-order valence-electron chi connectivity index (χ0n) is 21.1. The zero-order valence-corrected chi connectivity index (χ0v) is 21.1. The zero-order chi connectivity index (χ0) is 26.8. The van der Waals surface area contributed by atoms with E-state index in [0.29, 0.717) is 30.7 Å². The number of carbonyl (C=O) groups is 1. The Kier molecular flexibility index (Phi) is 6.58. The molecule has 0 saturated carbocycles. The van der Waals surface area contributed by atoms with Crippen LogP contribution in [0.3, 0.4) is 0 Å². The predicted octanol–water partition coefficient (Wildman–Crippen LogP) is 6.17. The number of piperidine rings is 1. The highest BCUT2D eigenvalue weighted by atomic mass is 19.3. The van der Waals surface area contributed by atoms with Crippen LogP contribution >= 0.6 is 0 Å². The van der Waals surface area contributed by atoms with E-state index >= 15 is 0 Å². The summed E-state index contributed by atoms with van der Waals surface area (Å²) in [7, 11) is 0. The summed E-state index contributed by atoms with van der Waals surface area (Å²) in [6.07, 6.45) is 4.92. The Morgan fingerprint density at radius 3 is 2.51 bits per heavy atom. The second-order valence-corrected chi connectivity index (χ2v) is 9.80. The van der Waals surface area contributed by atoms with Crippen LogP contribution in [-0.2, 0) is 6.54 Å². The number of pyridine rings is 2. The fourth-order valence-electron chi connectivity index (χ4n) is 4.83. The smallest absolute Gasteiger partial charge is 0.276 e. The number of aromatic amines is 1. The molecule has 0 unspecified atom stereocenters. The largest absolute Gasteiger partial charge is 0.319 e. The van der Waals surface area contributed by atoms with Crippen molar-refractivity contribution in [3.63, 3.8) is 0 Å². The molecule has 3 aromatic heterocycles. The topological polar surface area (TPSA) is 86.8 Å². The number of H-pyrrole nitrogens is 1. The molecule has 1 amide bonds. The van der Waals surface area contributed by atoms with Gasteiger partial charge in [0.05, 0.1) is 23.1 Å². The van der Waals surface area contributed by atoms with E-state index in [0.717, 1.165) is 33.5 Å². The van der Waals surface area contributed by atoms with E-state index in [9.17, 15) is 13.6 Å². The van der Waals surface area contributed by atoms with Crippen molar-refractivity contribution in [1.82, 2.24) is 25.1 Å². The lowest BCUT2D eigenvalue weighted by Crippen LogP contribution is -2.38.